The zero-order chi connectivity index (χ0) is 9.26. The van der Waals surface area contributed by atoms with E-state index < -0.39 is 0 Å². The Balaban J connectivity index is 2.36. The van der Waals surface area contributed by atoms with Gasteiger partial charge in [-0.2, -0.15) is 0 Å². The van der Waals surface area contributed by atoms with Crippen molar-refractivity contribution >= 4 is 23.4 Å². The van der Waals surface area contributed by atoms with E-state index in [2.05, 4.69) is 10.1 Å². The van der Waals surface area contributed by atoms with Crippen molar-refractivity contribution < 1.29 is 9.53 Å². The molecule has 0 saturated carbocycles. The Bertz CT molecular complexity index is 351. The first-order chi connectivity index (χ1) is 6.31. The highest BCUT2D eigenvalue weighted by Crippen LogP contribution is 2.33. The Hall–Kier alpha value is -1.16. The van der Waals surface area contributed by atoms with Crippen LogP contribution in [0.5, 0.6) is 0 Å². The van der Waals surface area contributed by atoms with E-state index in [1.54, 1.807) is 17.8 Å². The van der Waals surface area contributed by atoms with E-state index in [1.165, 1.54) is 12.0 Å². The molecule has 0 spiro atoms. The van der Waals surface area contributed by atoms with Crippen LogP contribution in [0.1, 0.15) is 10.4 Å². The number of thioether (sulfide) groups is 1. The van der Waals surface area contributed by atoms with Crippen molar-refractivity contribution in [2.45, 2.75) is 4.90 Å². The molecule has 0 saturated heterocycles. The molecule has 1 heterocycles. The van der Waals surface area contributed by atoms with E-state index in [0.717, 1.165) is 11.6 Å². The first-order valence-electron chi connectivity index (χ1n) is 3.90. The van der Waals surface area contributed by atoms with Crippen molar-refractivity contribution in [1.29, 1.82) is 0 Å². The molecule has 0 atom stereocenters. The molecule has 68 valence electrons. The van der Waals surface area contributed by atoms with Gasteiger partial charge in [-0.3, -0.25) is 0 Å². The number of rotatable bonds is 1. The van der Waals surface area contributed by atoms with Gasteiger partial charge in [0.2, 0.25) is 0 Å². The van der Waals surface area contributed by atoms with Gasteiger partial charge in [-0.05, 0) is 18.2 Å². The van der Waals surface area contributed by atoms with Gasteiger partial charge in [0.05, 0.1) is 18.6 Å². The number of hydrogen-bond donors (Lipinski definition) is 1. The molecule has 0 aromatic heterocycles. The maximum Gasteiger partial charge on any atom is 0.337 e. The van der Waals surface area contributed by atoms with Gasteiger partial charge in [-0.25, -0.2) is 4.79 Å². The van der Waals surface area contributed by atoms with Crippen molar-refractivity contribution in [3.63, 3.8) is 0 Å². The highest BCUT2D eigenvalue weighted by Gasteiger charge is 2.13. The lowest BCUT2D eigenvalue weighted by Crippen LogP contribution is -2.01. The summed E-state index contributed by atoms with van der Waals surface area (Å²) in [7, 11) is 1.39. The molecule has 13 heavy (non-hydrogen) atoms. The fourth-order valence-corrected chi connectivity index (χ4v) is 2.06. The van der Waals surface area contributed by atoms with Crippen LogP contribution < -0.4 is 5.32 Å². The molecule has 0 bridgehead atoms. The smallest absolute Gasteiger partial charge is 0.337 e. The molecule has 1 N–H and O–H groups in total. The van der Waals surface area contributed by atoms with E-state index in [9.17, 15) is 4.79 Å². The van der Waals surface area contributed by atoms with Crippen molar-refractivity contribution in [1.82, 2.24) is 0 Å². The first-order valence-corrected chi connectivity index (χ1v) is 4.89. The summed E-state index contributed by atoms with van der Waals surface area (Å²) in [5.74, 6) is 0.585. The van der Waals surface area contributed by atoms with Crippen LogP contribution in [-0.2, 0) is 4.74 Å². The third kappa shape index (κ3) is 1.49. The average Bonchev–Trinajstić information content (AvgIpc) is 2.63. The van der Waals surface area contributed by atoms with Crippen LogP contribution in [0.25, 0.3) is 0 Å². The van der Waals surface area contributed by atoms with Gasteiger partial charge >= 0.3 is 5.97 Å². The zero-order valence-corrected chi connectivity index (χ0v) is 7.98. The zero-order valence-electron chi connectivity index (χ0n) is 7.16. The Morgan fingerprint density at radius 1 is 1.62 bits per heavy atom. The van der Waals surface area contributed by atoms with Gasteiger partial charge in [0.1, 0.15) is 0 Å². The van der Waals surface area contributed by atoms with Crippen molar-refractivity contribution in [2.75, 3.05) is 18.3 Å². The van der Waals surface area contributed by atoms with Crippen LogP contribution in [0.2, 0.25) is 0 Å². The van der Waals surface area contributed by atoms with Gasteiger partial charge in [0.25, 0.3) is 0 Å². The maximum absolute atomic E-state index is 11.2. The lowest BCUT2D eigenvalue weighted by Gasteiger charge is -2.01. The van der Waals surface area contributed by atoms with Gasteiger partial charge in [-0.1, -0.05) is 0 Å². The number of hydrogen-bond acceptors (Lipinski definition) is 4. The SMILES string of the molecule is COC(=O)c1ccc2c(c1)NCS2. The summed E-state index contributed by atoms with van der Waals surface area (Å²) >= 11 is 1.73. The Morgan fingerprint density at radius 2 is 2.46 bits per heavy atom. The molecular weight excluding hydrogens is 186 g/mol. The van der Waals surface area contributed by atoms with Crippen LogP contribution in [0, 0.1) is 0 Å². The molecular formula is C9H9NO2S. The highest BCUT2D eigenvalue weighted by atomic mass is 32.2. The molecule has 0 aliphatic carbocycles. The largest absolute Gasteiger partial charge is 0.465 e. The highest BCUT2D eigenvalue weighted by molar-refractivity contribution is 7.99. The number of esters is 1. The van der Waals surface area contributed by atoms with Crippen LogP contribution >= 0.6 is 11.8 Å². The fraction of sp³-hybridized carbons (Fsp3) is 0.222. The van der Waals surface area contributed by atoms with Crippen LogP contribution in [0.3, 0.4) is 0 Å². The summed E-state index contributed by atoms with van der Waals surface area (Å²) in [5.41, 5.74) is 1.61. The molecule has 0 unspecified atom stereocenters. The molecule has 1 aliphatic rings. The number of methoxy groups -OCH3 is 1. The summed E-state index contributed by atoms with van der Waals surface area (Å²) in [6.07, 6.45) is 0. The van der Waals surface area contributed by atoms with Crippen molar-refractivity contribution in [2.24, 2.45) is 0 Å². The fourth-order valence-electron chi connectivity index (χ4n) is 1.23. The molecule has 3 nitrogen and oxygen atoms in total. The summed E-state index contributed by atoms with van der Waals surface area (Å²) in [5, 5.41) is 3.17. The van der Waals surface area contributed by atoms with E-state index in [-0.39, 0.29) is 5.97 Å². The number of carbonyl (C=O) groups excluding carboxylic acids is 1. The van der Waals surface area contributed by atoms with Crippen molar-refractivity contribution in [3.8, 4) is 0 Å². The molecule has 1 aromatic rings. The van der Waals surface area contributed by atoms with E-state index in [1.807, 2.05) is 12.1 Å². The Morgan fingerprint density at radius 3 is 3.23 bits per heavy atom. The number of benzene rings is 1. The summed E-state index contributed by atoms with van der Waals surface area (Å²) in [4.78, 5) is 12.3. The molecule has 1 aliphatic heterocycles. The normalized spacial score (nSPS) is 13.3. The van der Waals surface area contributed by atoms with Gasteiger partial charge in [-0.15, -0.1) is 11.8 Å². The van der Waals surface area contributed by atoms with Gasteiger partial charge < -0.3 is 10.1 Å². The predicted octanol–water partition coefficient (Wildman–Crippen LogP) is 1.95. The topological polar surface area (TPSA) is 38.3 Å². The lowest BCUT2D eigenvalue weighted by atomic mass is 10.2. The minimum atomic E-state index is -0.290. The number of ether oxygens (including phenoxy) is 1. The molecule has 0 fully saturated rings. The second-order valence-electron chi connectivity index (χ2n) is 2.67. The van der Waals surface area contributed by atoms with Crippen molar-refractivity contribution in [3.05, 3.63) is 23.8 Å². The quantitative estimate of drug-likeness (QED) is 0.695. The first kappa shape index (κ1) is 8.44. The van der Waals surface area contributed by atoms with Crippen LogP contribution in [-0.4, -0.2) is 19.0 Å². The summed E-state index contributed by atoms with van der Waals surface area (Å²) in [6, 6.07) is 5.54. The third-order valence-corrected chi connectivity index (χ3v) is 2.85. The van der Waals surface area contributed by atoms with Crippen LogP contribution in [0.15, 0.2) is 23.1 Å². The monoisotopic (exact) mass is 195 g/mol. The Labute approximate surface area is 80.5 Å². The molecule has 0 radical (unpaired) electrons. The number of nitrogens with one attached hydrogen (secondary N) is 1. The van der Waals surface area contributed by atoms with Crippen LogP contribution in [0.4, 0.5) is 5.69 Å². The third-order valence-electron chi connectivity index (χ3n) is 1.89. The predicted molar refractivity (Wildman–Crippen MR) is 52.1 cm³/mol. The van der Waals surface area contributed by atoms with E-state index >= 15 is 0 Å². The summed E-state index contributed by atoms with van der Waals surface area (Å²) < 4.78 is 4.62. The molecule has 0 amide bonds. The number of carbonyl (C=O) groups is 1. The lowest BCUT2D eigenvalue weighted by molar-refractivity contribution is 0.0600. The minimum Gasteiger partial charge on any atom is -0.465 e. The van der Waals surface area contributed by atoms with E-state index in [4.69, 9.17) is 0 Å². The molecule has 2 rings (SSSR count). The second kappa shape index (κ2) is 3.30. The molecule has 4 heteroatoms. The van der Waals surface area contributed by atoms with Gasteiger partial charge in [0.15, 0.2) is 0 Å². The number of fused-ring (bicyclic) bond motifs is 1. The summed E-state index contributed by atoms with van der Waals surface area (Å²) in [6.45, 7) is 0. The number of anilines is 1. The minimum absolute atomic E-state index is 0.290. The van der Waals surface area contributed by atoms with E-state index in [0.29, 0.717) is 5.56 Å². The Kier molecular flexibility index (Phi) is 2.14. The van der Waals surface area contributed by atoms with Gasteiger partial charge in [0, 0.05) is 10.6 Å². The second-order valence-corrected chi connectivity index (χ2v) is 3.69. The molecule has 1 aromatic carbocycles. The average molecular weight is 195 g/mol. The standard InChI is InChI=1S/C9H9NO2S/c1-12-9(11)6-2-3-8-7(4-6)10-5-13-8/h2-4,10H,5H2,1H3. The maximum atomic E-state index is 11.2.